The molecule has 0 radical (unpaired) electrons. The van der Waals surface area contributed by atoms with Gasteiger partial charge in [-0.15, -0.1) is 0 Å². The van der Waals surface area contributed by atoms with E-state index in [2.05, 4.69) is 16.2 Å². The van der Waals surface area contributed by atoms with Crippen molar-refractivity contribution in [2.75, 3.05) is 5.73 Å². The molecule has 142 valence electrons. The van der Waals surface area contributed by atoms with Crippen LogP contribution >= 0.6 is 0 Å². The number of nitrogen functional groups attached to an aromatic ring is 1. The molecular formula is C22H21N3O3. The highest BCUT2D eigenvalue weighted by molar-refractivity contribution is 5.68. The Bertz CT molecular complexity index is 1130. The summed E-state index contributed by atoms with van der Waals surface area (Å²) in [5, 5.41) is 4.06. The van der Waals surface area contributed by atoms with Crippen LogP contribution in [-0.2, 0) is 6.61 Å². The molecule has 6 heteroatoms. The van der Waals surface area contributed by atoms with Gasteiger partial charge in [0.2, 0.25) is 5.82 Å². The summed E-state index contributed by atoms with van der Waals surface area (Å²) in [6.45, 7) is 6.29. The summed E-state index contributed by atoms with van der Waals surface area (Å²) in [5.74, 6) is 2.81. The Morgan fingerprint density at radius 1 is 1.04 bits per heavy atom. The number of furan rings is 1. The standard InChI is InChI=1S/C22H21N3O3/c1-13-7-8-14(2)20(11-13)26-12-16-9-10-19(27-16)22-24-21(25-28-22)17-5-4-6-18(23)15(17)3/h4-11H,12,23H2,1-3H3. The second kappa shape index (κ2) is 7.23. The average Bonchev–Trinajstić information content (AvgIpc) is 3.34. The van der Waals surface area contributed by atoms with Crippen molar-refractivity contribution in [2.24, 2.45) is 0 Å². The maximum absolute atomic E-state index is 5.96. The van der Waals surface area contributed by atoms with Gasteiger partial charge in [0.05, 0.1) is 0 Å². The lowest BCUT2D eigenvalue weighted by Gasteiger charge is -2.08. The van der Waals surface area contributed by atoms with Gasteiger partial charge in [0.1, 0.15) is 18.1 Å². The maximum Gasteiger partial charge on any atom is 0.293 e. The third-order valence-corrected chi connectivity index (χ3v) is 4.63. The molecule has 4 rings (SSSR count). The zero-order valence-electron chi connectivity index (χ0n) is 16.0. The van der Waals surface area contributed by atoms with E-state index >= 15 is 0 Å². The number of aromatic nitrogens is 2. The molecule has 0 atom stereocenters. The minimum absolute atomic E-state index is 0.315. The number of rotatable bonds is 5. The number of benzene rings is 2. The highest BCUT2D eigenvalue weighted by Crippen LogP contribution is 2.28. The van der Waals surface area contributed by atoms with Crippen LogP contribution in [0.1, 0.15) is 22.5 Å². The van der Waals surface area contributed by atoms with Crippen molar-refractivity contribution in [3.8, 4) is 28.8 Å². The molecule has 0 saturated carbocycles. The Balaban J connectivity index is 1.51. The predicted octanol–water partition coefficient (Wildman–Crippen LogP) is 5.08. The molecule has 0 bridgehead atoms. The molecule has 0 aliphatic carbocycles. The van der Waals surface area contributed by atoms with Crippen molar-refractivity contribution >= 4 is 5.69 Å². The molecule has 4 aromatic rings. The normalized spacial score (nSPS) is 11.0. The quantitative estimate of drug-likeness (QED) is 0.489. The summed E-state index contributed by atoms with van der Waals surface area (Å²) < 4.78 is 17.1. The first-order valence-electron chi connectivity index (χ1n) is 8.99. The van der Waals surface area contributed by atoms with Crippen molar-refractivity contribution in [1.29, 1.82) is 0 Å². The van der Waals surface area contributed by atoms with Gasteiger partial charge in [0, 0.05) is 11.3 Å². The van der Waals surface area contributed by atoms with Gasteiger partial charge >= 0.3 is 0 Å². The Hall–Kier alpha value is -3.54. The molecule has 28 heavy (non-hydrogen) atoms. The number of nitrogens with two attached hydrogens (primary N) is 1. The monoisotopic (exact) mass is 375 g/mol. The lowest BCUT2D eigenvalue weighted by molar-refractivity contribution is 0.268. The van der Waals surface area contributed by atoms with Crippen LogP contribution in [0.15, 0.2) is 57.5 Å². The molecule has 0 fully saturated rings. The van der Waals surface area contributed by atoms with Gasteiger partial charge in [-0.2, -0.15) is 4.98 Å². The Kier molecular flexibility index (Phi) is 4.61. The van der Waals surface area contributed by atoms with E-state index in [1.807, 2.05) is 57.2 Å². The zero-order valence-corrected chi connectivity index (χ0v) is 16.0. The van der Waals surface area contributed by atoms with E-state index in [1.54, 1.807) is 6.07 Å². The van der Waals surface area contributed by atoms with E-state index in [-0.39, 0.29) is 0 Å². The van der Waals surface area contributed by atoms with Gasteiger partial charge in [-0.05, 0) is 61.7 Å². The third kappa shape index (κ3) is 3.49. The summed E-state index contributed by atoms with van der Waals surface area (Å²) in [5.41, 5.74) is 10.6. The van der Waals surface area contributed by atoms with E-state index in [9.17, 15) is 0 Å². The molecule has 0 aliphatic heterocycles. The largest absolute Gasteiger partial charge is 0.485 e. The minimum Gasteiger partial charge on any atom is -0.485 e. The second-order valence-corrected chi connectivity index (χ2v) is 6.77. The zero-order chi connectivity index (χ0) is 19.7. The van der Waals surface area contributed by atoms with Gasteiger partial charge in [-0.1, -0.05) is 29.4 Å². The number of hydrogen-bond acceptors (Lipinski definition) is 6. The van der Waals surface area contributed by atoms with E-state index in [0.717, 1.165) is 28.0 Å². The third-order valence-electron chi connectivity index (χ3n) is 4.63. The Morgan fingerprint density at radius 2 is 1.89 bits per heavy atom. The first-order valence-corrected chi connectivity index (χ1v) is 8.99. The maximum atomic E-state index is 5.96. The lowest BCUT2D eigenvalue weighted by atomic mass is 10.1. The topological polar surface area (TPSA) is 87.3 Å². The van der Waals surface area contributed by atoms with E-state index in [0.29, 0.717) is 35.5 Å². The first-order chi connectivity index (χ1) is 13.5. The molecule has 0 unspecified atom stereocenters. The van der Waals surface area contributed by atoms with Crippen LogP contribution in [0.2, 0.25) is 0 Å². The van der Waals surface area contributed by atoms with Crippen LogP contribution < -0.4 is 10.5 Å². The summed E-state index contributed by atoms with van der Waals surface area (Å²) in [7, 11) is 0. The van der Waals surface area contributed by atoms with Crippen molar-refractivity contribution in [1.82, 2.24) is 10.1 Å². The number of ether oxygens (including phenoxy) is 1. The van der Waals surface area contributed by atoms with Crippen molar-refractivity contribution < 1.29 is 13.7 Å². The number of hydrogen-bond donors (Lipinski definition) is 1. The van der Waals surface area contributed by atoms with Gasteiger partial charge in [-0.3, -0.25) is 0 Å². The van der Waals surface area contributed by atoms with Crippen LogP contribution in [0, 0.1) is 20.8 Å². The summed E-state index contributed by atoms with van der Waals surface area (Å²) >= 11 is 0. The number of anilines is 1. The van der Waals surface area contributed by atoms with E-state index < -0.39 is 0 Å². The van der Waals surface area contributed by atoms with Crippen molar-refractivity contribution in [2.45, 2.75) is 27.4 Å². The molecule has 2 aromatic carbocycles. The molecule has 0 saturated heterocycles. The molecule has 2 heterocycles. The fraction of sp³-hybridized carbons (Fsp3) is 0.182. The van der Waals surface area contributed by atoms with Crippen molar-refractivity contribution in [3.63, 3.8) is 0 Å². The first kappa shape index (κ1) is 17.9. The highest BCUT2D eigenvalue weighted by Gasteiger charge is 2.16. The fourth-order valence-corrected chi connectivity index (χ4v) is 2.91. The Morgan fingerprint density at radius 3 is 2.75 bits per heavy atom. The predicted molar refractivity (Wildman–Crippen MR) is 107 cm³/mol. The molecule has 0 amide bonds. The average molecular weight is 375 g/mol. The van der Waals surface area contributed by atoms with Crippen LogP contribution in [0.25, 0.3) is 23.0 Å². The second-order valence-electron chi connectivity index (χ2n) is 6.77. The lowest BCUT2D eigenvalue weighted by Crippen LogP contribution is -1.96. The summed E-state index contributed by atoms with van der Waals surface area (Å²) in [4.78, 5) is 4.44. The molecule has 6 nitrogen and oxygen atoms in total. The summed E-state index contributed by atoms with van der Waals surface area (Å²) in [6, 6.07) is 15.4. The SMILES string of the molecule is Cc1ccc(C)c(OCc2ccc(-c3nc(-c4cccc(N)c4C)no3)o2)c1. The van der Waals surface area contributed by atoms with Crippen molar-refractivity contribution in [3.05, 3.63) is 71.0 Å². The Labute approximate surface area is 162 Å². The van der Waals surface area contributed by atoms with Crippen LogP contribution in [0.5, 0.6) is 5.75 Å². The molecular weight excluding hydrogens is 354 g/mol. The molecule has 2 N–H and O–H groups in total. The minimum atomic E-state index is 0.315. The molecule has 0 aliphatic rings. The van der Waals surface area contributed by atoms with Gasteiger partial charge in [0.15, 0.2) is 5.76 Å². The van der Waals surface area contributed by atoms with Gasteiger partial charge < -0.3 is 19.4 Å². The number of nitrogens with zero attached hydrogens (tertiary/aromatic N) is 2. The van der Waals surface area contributed by atoms with E-state index in [1.165, 1.54) is 0 Å². The van der Waals surface area contributed by atoms with E-state index in [4.69, 9.17) is 19.4 Å². The van der Waals surface area contributed by atoms with Gasteiger partial charge in [0.25, 0.3) is 5.89 Å². The summed E-state index contributed by atoms with van der Waals surface area (Å²) in [6.07, 6.45) is 0. The highest BCUT2D eigenvalue weighted by atomic mass is 16.5. The molecule has 2 aromatic heterocycles. The van der Waals surface area contributed by atoms with Gasteiger partial charge in [-0.25, -0.2) is 0 Å². The van der Waals surface area contributed by atoms with Crippen LogP contribution in [0.3, 0.4) is 0 Å². The molecule has 0 spiro atoms. The van der Waals surface area contributed by atoms with Crippen LogP contribution in [-0.4, -0.2) is 10.1 Å². The van der Waals surface area contributed by atoms with Crippen LogP contribution in [0.4, 0.5) is 5.69 Å². The number of aryl methyl sites for hydroxylation is 2. The fourth-order valence-electron chi connectivity index (χ4n) is 2.91. The smallest absolute Gasteiger partial charge is 0.293 e.